The highest BCUT2D eigenvalue weighted by molar-refractivity contribution is 7.09. The van der Waals surface area contributed by atoms with Crippen molar-refractivity contribution in [1.29, 1.82) is 0 Å². The Morgan fingerprint density at radius 1 is 0.956 bits per heavy atom. The average molecular weight is 631 g/mol. The Morgan fingerprint density at radius 2 is 1.71 bits per heavy atom. The van der Waals surface area contributed by atoms with Crippen LogP contribution in [-0.4, -0.2) is 72.7 Å². The Morgan fingerprint density at radius 3 is 2.40 bits per heavy atom. The first kappa shape index (κ1) is 33.3. The molecule has 3 N–H and O–H groups in total. The third-order valence-corrected chi connectivity index (χ3v) is 8.09. The van der Waals surface area contributed by atoms with Crippen LogP contribution < -0.4 is 15.4 Å². The maximum atomic E-state index is 13.5. The van der Waals surface area contributed by atoms with Gasteiger partial charge in [-0.2, -0.15) is 0 Å². The number of benzene rings is 3. The van der Waals surface area contributed by atoms with Crippen molar-refractivity contribution in [1.82, 2.24) is 20.5 Å². The third kappa shape index (κ3) is 9.45. The summed E-state index contributed by atoms with van der Waals surface area (Å²) in [6, 6.07) is 20.6. The number of methoxy groups -OCH3 is 2. The second-order valence-corrected chi connectivity index (χ2v) is 11.6. The van der Waals surface area contributed by atoms with E-state index in [1.165, 1.54) is 25.6 Å². The van der Waals surface area contributed by atoms with E-state index in [0.29, 0.717) is 42.0 Å². The Labute approximate surface area is 267 Å². The van der Waals surface area contributed by atoms with E-state index in [9.17, 15) is 19.5 Å². The van der Waals surface area contributed by atoms with Gasteiger partial charge in [0.15, 0.2) is 0 Å². The molecule has 4 rings (SSSR count). The monoisotopic (exact) mass is 630 g/mol. The summed E-state index contributed by atoms with van der Waals surface area (Å²) < 4.78 is 10.1. The fourth-order valence-electron chi connectivity index (χ4n) is 4.79. The van der Waals surface area contributed by atoms with Gasteiger partial charge < -0.3 is 30.1 Å². The van der Waals surface area contributed by atoms with Crippen LogP contribution >= 0.6 is 11.3 Å². The van der Waals surface area contributed by atoms with Gasteiger partial charge in [-0.1, -0.05) is 36.4 Å². The minimum absolute atomic E-state index is 0.155. The van der Waals surface area contributed by atoms with Crippen LogP contribution in [0.1, 0.15) is 52.9 Å². The molecule has 45 heavy (non-hydrogen) atoms. The highest BCUT2D eigenvalue weighted by Crippen LogP contribution is 2.18. The Balaban J connectivity index is 1.44. The van der Waals surface area contributed by atoms with Gasteiger partial charge in [0, 0.05) is 42.3 Å². The van der Waals surface area contributed by atoms with Gasteiger partial charge in [-0.25, -0.2) is 9.78 Å². The van der Waals surface area contributed by atoms with Crippen molar-refractivity contribution in [2.75, 3.05) is 27.8 Å². The van der Waals surface area contributed by atoms with Gasteiger partial charge in [-0.15, -0.1) is 11.3 Å². The zero-order valence-electron chi connectivity index (χ0n) is 25.8. The first-order chi connectivity index (χ1) is 21.7. The molecule has 0 bridgehead atoms. The van der Waals surface area contributed by atoms with E-state index in [2.05, 4.69) is 15.6 Å². The van der Waals surface area contributed by atoms with Crippen LogP contribution in [0.15, 0.2) is 78.2 Å². The van der Waals surface area contributed by atoms with Gasteiger partial charge in [0.2, 0.25) is 0 Å². The third-order valence-electron chi connectivity index (χ3n) is 7.14. The molecule has 0 unspecified atom stereocenters. The lowest BCUT2D eigenvalue weighted by Gasteiger charge is -2.25. The van der Waals surface area contributed by atoms with E-state index in [-0.39, 0.29) is 12.5 Å². The van der Waals surface area contributed by atoms with Crippen molar-refractivity contribution in [3.05, 3.63) is 117 Å². The summed E-state index contributed by atoms with van der Waals surface area (Å²) in [4.78, 5) is 44.6. The second kappa shape index (κ2) is 15.9. The van der Waals surface area contributed by atoms with E-state index in [0.717, 1.165) is 21.8 Å². The molecule has 1 heterocycles. The predicted octanol–water partition coefficient (Wildman–Crippen LogP) is 4.01. The van der Waals surface area contributed by atoms with E-state index in [1.54, 1.807) is 54.4 Å². The first-order valence-electron chi connectivity index (χ1n) is 14.4. The number of aryl methyl sites for hydroxylation is 1. The zero-order chi connectivity index (χ0) is 32.3. The van der Waals surface area contributed by atoms with Crippen molar-refractivity contribution in [3.8, 4) is 5.75 Å². The average Bonchev–Trinajstić information content (AvgIpc) is 3.47. The fraction of sp³-hybridized carbons (Fsp3) is 0.294. The Kier molecular flexibility index (Phi) is 11.8. The number of nitrogens with zero attached hydrogens (tertiary/aromatic N) is 2. The molecular weight excluding hydrogens is 592 g/mol. The lowest BCUT2D eigenvalue weighted by molar-refractivity contribution is 0.0599. The number of hydrogen-bond donors (Lipinski definition) is 3. The van der Waals surface area contributed by atoms with Gasteiger partial charge >= 0.3 is 5.97 Å². The van der Waals surface area contributed by atoms with Gasteiger partial charge in [-0.05, 0) is 60.9 Å². The number of aliphatic hydroxyl groups excluding tert-OH is 1. The molecule has 1 aromatic heterocycles. The Hall–Kier alpha value is -4.58. The SMILES string of the molecule is COC(=O)c1cc(CNC[C@@H](O)[C@H](Cc2ccccc2)NC(=O)c2cccc(C(=O)N(C)Cc3nc(C)cs3)c2)cc(OC)c1. The van der Waals surface area contributed by atoms with Crippen molar-refractivity contribution in [2.45, 2.75) is 38.6 Å². The standard InChI is InChI=1S/C34H38N4O6S/c1-22-21-45-31(36-22)20-38(2)33(41)26-12-8-11-25(16-26)32(40)37-29(15-23-9-6-5-7-10-23)30(39)19-35-18-24-13-27(34(42)44-4)17-28(14-24)43-3/h5-14,16-17,21,29-30,35,39H,15,18-20H2,1-4H3,(H,37,40)/t29-,30+/m0/s1. The van der Waals surface area contributed by atoms with Gasteiger partial charge in [-0.3, -0.25) is 9.59 Å². The highest BCUT2D eigenvalue weighted by atomic mass is 32.1. The molecular formula is C34H38N4O6S. The number of nitrogens with one attached hydrogen (secondary N) is 2. The number of aliphatic hydroxyl groups is 1. The fourth-order valence-corrected chi connectivity index (χ4v) is 5.61. The summed E-state index contributed by atoms with van der Waals surface area (Å²) >= 11 is 1.49. The van der Waals surface area contributed by atoms with E-state index < -0.39 is 24.0 Å². The number of aromatic nitrogens is 1. The summed E-state index contributed by atoms with van der Waals surface area (Å²) in [6.45, 7) is 2.77. The molecule has 0 saturated heterocycles. The smallest absolute Gasteiger partial charge is 0.337 e. The van der Waals surface area contributed by atoms with Crippen LogP contribution in [0.2, 0.25) is 0 Å². The highest BCUT2D eigenvalue weighted by Gasteiger charge is 2.23. The molecule has 0 spiro atoms. The lowest BCUT2D eigenvalue weighted by atomic mass is 10.00. The summed E-state index contributed by atoms with van der Waals surface area (Å²) in [5, 5.41) is 20.2. The van der Waals surface area contributed by atoms with Crippen molar-refractivity contribution >= 4 is 29.1 Å². The van der Waals surface area contributed by atoms with Crippen LogP contribution in [0.4, 0.5) is 0 Å². The lowest BCUT2D eigenvalue weighted by Crippen LogP contribution is -2.48. The van der Waals surface area contributed by atoms with Crippen LogP contribution in [0.25, 0.3) is 0 Å². The van der Waals surface area contributed by atoms with Crippen LogP contribution in [0.5, 0.6) is 5.75 Å². The Bertz CT molecular complexity index is 1610. The molecule has 2 amide bonds. The van der Waals surface area contributed by atoms with Crippen molar-refractivity contribution in [3.63, 3.8) is 0 Å². The number of amides is 2. The molecule has 0 aliphatic carbocycles. The molecule has 0 aliphatic heterocycles. The quantitative estimate of drug-likeness (QED) is 0.178. The van der Waals surface area contributed by atoms with Crippen LogP contribution in [0.3, 0.4) is 0 Å². The first-order valence-corrected chi connectivity index (χ1v) is 15.3. The van der Waals surface area contributed by atoms with E-state index >= 15 is 0 Å². The minimum Gasteiger partial charge on any atom is -0.497 e. The zero-order valence-corrected chi connectivity index (χ0v) is 26.6. The molecule has 4 aromatic rings. The number of carbonyl (C=O) groups excluding carboxylic acids is 3. The molecule has 0 radical (unpaired) electrons. The molecule has 0 fully saturated rings. The molecule has 0 aliphatic rings. The molecule has 236 valence electrons. The summed E-state index contributed by atoms with van der Waals surface area (Å²) in [6.07, 6.45) is -0.576. The molecule has 0 saturated carbocycles. The predicted molar refractivity (Wildman–Crippen MR) is 173 cm³/mol. The number of rotatable bonds is 14. The summed E-state index contributed by atoms with van der Waals surface area (Å²) in [5.41, 5.74) is 3.66. The number of hydrogen-bond acceptors (Lipinski definition) is 9. The maximum absolute atomic E-state index is 13.5. The molecule has 3 aromatic carbocycles. The number of esters is 1. The normalized spacial score (nSPS) is 12.2. The van der Waals surface area contributed by atoms with Gasteiger partial charge in [0.05, 0.1) is 38.5 Å². The number of carbonyl (C=O) groups is 3. The maximum Gasteiger partial charge on any atom is 0.337 e. The topological polar surface area (TPSA) is 130 Å². The molecule has 10 nitrogen and oxygen atoms in total. The van der Waals surface area contributed by atoms with E-state index in [1.807, 2.05) is 42.6 Å². The van der Waals surface area contributed by atoms with E-state index in [4.69, 9.17) is 9.47 Å². The van der Waals surface area contributed by atoms with Gasteiger partial charge in [0.25, 0.3) is 11.8 Å². The molecule has 2 atom stereocenters. The molecule has 11 heteroatoms. The van der Waals surface area contributed by atoms with Crippen LogP contribution in [-0.2, 0) is 24.2 Å². The van der Waals surface area contributed by atoms with Crippen LogP contribution in [0, 0.1) is 6.92 Å². The second-order valence-electron chi connectivity index (χ2n) is 10.7. The minimum atomic E-state index is -0.961. The largest absolute Gasteiger partial charge is 0.497 e. The number of thiazole rings is 1. The van der Waals surface area contributed by atoms with Gasteiger partial charge in [0.1, 0.15) is 10.8 Å². The summed E-state index contributed by atoms with van der Waals surface area (Å²) in [7, 11) is 4.53. The number of ether oxygens (including phenoxy) is 2. The summed E-state index contributed by atoms with van der Waals surface area (Å²) in [5.74, 6) is -0.601. The van der Waals surface area contributed by atoms with Crippen molar-refractivity contribution < 1.29 is 29.0 Å². The van der Waals surface area contributed by atoms with Crippen molar-refractivity contribution in [2.24, 2.45) is 0 Å².